The van der Waals surface area contributed by atoms with E-state index in [0.29, 0.717) is 36.9 Å². The second kappa shape index (κ2) is 6.96. The van der Waals surface area contributed by atoms with Crippen LogP contribution in [0, 0.1) is 18.8 Å². The minimum Gasteiger partial charge on any atom is -0.348 e. The molecule has 2 amide bonds. The Hall–Kier alpha value is -2.84. The van der Waals surface area contributed by atoms with E-state index in [1.807, 2.05) is 18.7 Å². The number of aryl methyl sites for hydroxylation is 1. The maximum atomic E-state index is 12.6. The van der Waals surface area contributed by atoms with Crippen molar-refractivity contribution in [1.29, 1.82) is 0 Å². The van der Waals surface area contributed by atoms with E-state index in [2.05, 4.69) is 25.4 Å². The third kappa shape index (κ3) is 3.14. The van der Waals surface area contributed by atoms with E-state index in [9.17, 15) is 9.59 Å². The van der Waals surface area contributed by atoms with Gasteiger partial charge in [0.05, 0.1) is 11.6 Å². The number of nitrogens with zero attached hydrogens (tertiary/aromatic N) is 5. The van der Waals surface area contributed by atoms with Crippen LogP contribution in [0.5, 0.6) is 0 Å². The number of nitrogens with one attached hydrogen (secondary N) is 1. The Morgan fingerprint density at radius 1 is 1.36 bits per heavy atom. The molecule has 1 aliphatic carbocycles. The maximum Gasteiger partial charge on any atom is 0.271 e. The number of fused-ring (bicyclic) bond motifs is 1. The Labute approximate surface area is 162 Å². The fourth-order valence-corrected chi connectivity index (χ4v) is 4.52. The molecule has 4 rings (SSSR count). The summed E-state index contributed by atoms with van der Waals surface area (Å²) in [6.07, 6.45) is 5.87. The van der Waals surface area contributed by atoms with Gasteiger partial charge < -0.3 is 14.7 Å². The zero-order valence-electron chi connectivity index (χ0n) is 16.3. The quantitative estimate of drug-likeness (QED) is 0.840. The van der Waals surface area contributed by atoms with Gasteiger partial charge in [0.2, 0.25) is 11.8 Å². The zero-order valence-corrected chi connectivity index (χ0v) is 16.3. The predicted molar refractivity (Wildman–Crippen MR) is 98.1 cm³/mol. The molecule has 0 unspecified atom stereocenters. The summed E-state index contributed by atoms with van der Waals surface area (Å²) in [6, 6.07) is -0.0528. The van der Waals surface area contributed by atoms with Crippen molar-refractivity contribution in [3.8, 4) is 0 Å². The first-order valence-corrected chi connectivity index (χ1v) is 9.55. The van der Waals surface area contributed by atoms with Crippen LogP contribution >= 0.6 is 0 Å². The standard InChI is InChI=1S/C19H24N6O3/c1-11(2)17(27)25-9-13-6-14(23-16(26)15-8-20-4-5-21-15)7-19(13,10-25)18-22-12(3)24-28-18/h4-5,8,11,13-14H,6-7,9-10H2,1-3H3,(H,23,26)/t13-,14+,19-/m0/s1. The lowest BCUT2D eigenvalue weighted by Crippen LogP contribution is -2.40. The molecule has 9 nitrogen and oxygen atoms in total. The van der Waals surface area contributed by atoms with E-state index in [0.717, 1.165) is 6.42 Å². The van der Waals surface area contributed by atoms with E-state index >= 15 is 0 Å². The van der Waals surface area contributed by atoms with Gasteiger partial charge in [-0.1, -0.05) is 19.0 Å². The molecule has 1 aliphatic heterocycles. The minimum absolute atomic E-state index is 0.0528. The number of likely N-dealkylation sites (tertiary alicyclic amines) is 1. The molecule has 2 aromatic rings. The molecular weight excluding hydrogens is 360 g/mol. The van der Waals surface area contributed by atoms with E-state index in [1.165, 1.54) is 18.6 Å². The number of hydrogen-bond donors (Lipinski definition) is 1. The number of hydrogen-bond acceptors (Lipinski definition) is 7. The lowest BCUT2D eigenvalue weighted by Gasteiger charge is -2.26. The first-order valence-electron chi connectivity index (χ1n) is 9.55. The van der Waals surface area contributed by atoms with E-state index in [4.69, 9.17) is 4.52 Å². The first kappa shape index (κ1) is 18.5. The largest absolute Gasteiger partial charge is 0.348 e. The minimum atomic E-state index is -0.424. The summed E-state index contributed by atoms with van der Waals surface area (Å²) < 4.78 is 5.55. The lowest BCUT2D eigenvalue weighted by molar-refractivity contribution is -0.133. The van der Waals surface area contributed by atoms with Crippen molar-refractivity contribution in [2.75, 3.05) is 13.1 Å². The fourth-order valence-electron chi connectivity index (χ4n) is 4.52. The fraction of sp³-hybridized carbons (Fsp3) is 0.579. The molecule has 0 bridgehead atoms. The van der Waals surface area contributed by atoms with Gasteiger partial charge in [-0.2, -0.15) is 4.98 Å². The van der Waals surface area contributed by atoms with Crippen LogP contribution in [0.2, 0.25) is 0 Å². The molecule has 0 spiro atoms. The molecule has 1 saturated carbocycles. The molecular formula is C19H24N6O3. The Kier molecular flexibility index (Phi) is 4.60. The number of amides is 2. The van der Waals surface area contributed by atoms with Crippen molar-refractivity contribution in [2.45, 2.75) is 45.1 Å². The highest BCUT2D eigenvalue weighted by atomic mass is 16.5. The molecule has 28 heavy (non-hydrogen) atoms. The maximum absolute atomic E-state index is 12.6. The SMILES string of the molecule is Cc1noc([C@]23C[C@H](NC(=O)c4cnccn4)C[C@H]2CN(C(=O)C(C)C)C3)n1. The summed E-state index contributed by atoms with van der Waals surface area (Å²) in [5.74, 6) is 1.11. The Bertz CT molecular complexity index is 883. The molecule has 2 aromatic heterocycles. The molecule has 1 N–H and O–H groups in total. The van der Waals surface area contributed by atoms with Crippen LogP contribution in [0.15, 0.2) is 23.1 Å². The van der Waals surface area contributed by atoms with Gasteiger partial charge in [0, 0.05) is 37.4 Å². The van der Waals surface area contributed by atoms with Gasteiger partial charge in [-0.3, -0.25) is 14.6 Å². The normalized spacial score (nSPS) is 26.5. The Balaban J connectivity index is 1.56. The lowest BCUT2D eigenvalue weighted by atomic mass is 9.80. The second-order valence-corrected chi connectivity index (χ2v) is 8.07. The van der Waals surface area contributed by atoms with Gasteiger partial charge in [-0.15, -0.1) is 0 Å². The van der Waals surface area contributed by atoms with E-state index < -0.39 is 5.41 Å². The summed E-state index contributed by atoms with van der Waals surface area (Å²) in [7, 11) is 0. The van der Waals surface area contributed by atoms with Crippen LogP contribution in [0.3, 0.4) is 0 Å². The van der Waals surface area contributed by atoms with E-state index in [-0.39, 0.29) is 29.7 Å². The second-order valence-electron chi connectivity index (χ2n) is 8.07. The van der Waals surface area contributed by atoms with Crippen molar-refractivity contribution in [3.05, 3.63) is 36.0 Å². The molecule has 2 fully saturated rings. The van der Waals surface area contributed by atoms with Crippen LogP contribution in [0.1, 0.15) is 48.9 Å². The van der Waals surface area contributed by atoms with Gasteiger partial charge in [-0.25, -0.2) is 4.98 Å². The van der Waals surface area contributed by atoms with E-state index in [1.54, 1.807) is 6.92 Å². The van der Waals surface area contributed by atoms with Crippen molar-refractivity contribution in [2.24, 2.45) is 11.8 Å². The van der Waals surface area contributed by atoms with Crippen LogP contribution < -0.4 is 5.32 Å². The predicted octanol–water partition coefficient (Wildman–Crippen LogP) is 1.11. The van der Waals surface area contributed by atoms with Crippen LogP contribution in [0.25, 0.3) is 0 Å². The average Bonchev–Trinajstić information content (AvgIpc) is 3.34. The molecule has 1 saturated heterocycles. The summed E-state index contributed by atoms with van der Waals surface area (Å²) >= 11 is 0. The monoisotopic (exact) mass is 384 g/mol. The average molecular weight is 384 g/mol. The zero-order chi connectivity index (χ0) is 19.9. The highest BCUT2D eigenvalue weighted by Crippen LogP contribution is 2.50. The smallest absolute Gasteiger partial charge is 0.271 e. The van der Waals surface area contributed by atoms with Gasteiger partial charge in [0.1, 0.15) is 5.69 Å². The van der Waals surface area contributed by atoms with Gasteiger partial charge in [-0.05, 0) is 25.7 Å². The summed E-state index contributed by atoms with van der Waals surface area (Å²) in [4.78, 5) is 39.5. The molecule has 3 heterocycles. The van der Waals surface area contributed by atoms with Crippen molar-refractivity contribution >= 4 is 11.8 Å². The third-order valence-corrected chi connectivity index (χ3v) is 5.77. The molecule has 0 aromatic carbocycles. The van der Waals surface area contributed by atoms with Crippen LogP contribution in [-0.2, 0) is 10.2 Å². The Morgan fingerprint density at radius 3 is 2.82 bits per heavy atom. The molecule has 148 valence electrons. The van der Waals surface area contributed by atoms with Gasteiger partial charge in [0.25, 0.3) is 5.91 Å². The summed E-state index contributed by atoms with van der Waals surface area (Å²) in [6.45, 7) is 6.77. The number of carbonyl (C=O) groups is 2. The first-order chi connectivity index (χ1) is 13.4. The Morgan fingerprint density at radius 2 is 2.18 bits per heavy atom. The van der Waals surface area contributed by atoms with Crippen molar-refractivity contribution in [3.63, 3.8) is 0 Å². The van der Waals surface area contributed by atoms with Crippen LogP contribution in [-0.4, -0.2) is 56.0 Å². The highest BCUT2D eigenvalue weighted by molar-refractivity contribution is 5.92. The number of aromatic nitrogens is 4. The topological polar surface area (TPSA) is 114 Å². The van der Waals surface area contributed by atoms with Crippen molar-refractivity contribution in [1.82, 2.24) is 30.3 Å². The highest BCUT2D eigenvalue weighted by Gasteiger charge is 2.58. The van der Waals surface area contributed by atoms with Gasteiger partial charge >= 0.3 is 0 Å². The van der Waals surface area contributed by atoms with Gasteiger partial charge in [0.15, 0.2) is 5.82 Å². The van der Waals surface area contributed by atoms with Crippen LogP contribution in [0.4, 0.5) is 0 Å². The molecule has 0 radical (unpaired) electrons. The molecule has 9 heteroatoms. The summed E-state index contributed by atoms with van der Waals surface area (Å²) in [5, 5.41) is 7.02. The third-order valence-electron chi connectivity index (χ3n) is 5.77. The summed E-state index contributed by atoms with van der Waals surface area (Å²) in [5.41, 5.74) is -0.134. The number of rotatable bonds is 4. The molecule has 2 aliphatic rings. The molecule has 3 atom stereocenters. The van der Waals surface area contributed by atoms with Crippen molar-refractivity contribution < 1.29 is 14.1 Å². The number of carbonyl (C=O) groups excluding carboxylic acids is 2.